The third-order valence-electron chi connectivity index (χ3n) is 1.30. The summed E-state index contributed by atoms with van der Waals surface area (Å²) in [6, 6.07) is 9.57. The van der Waals surface area contributed by atoms with Crippen molar-refractivity contribution in [3.63, 3.8) is 0 Å². The van der Waals surface area contributed by atoms with Gasteiger partial charge in [-0.15, -0.1) is 0 Å². The molecule has 70 valence electrons. The van der Waals surface area contributed by atoms with Gasteiger partial charge < -0.3 is 0 Å². The summed E-state index contributed by atoms with van der Waals surface area (Å²) in [6.45, 7) is 2.34. The topological polar surface area (TPSA) is 9.23 Å². The minimum absolute atomic E-state index is 0.180. The third-order valence-corrected chi connectivity index (χ3v) is 2.98. The summed E-state index contributed by atoms with van der Waals surface area (Å²) in [5, 5.41) is 0. The Kier molecular flexibility index (Phi) is 4.58. The first-order valence-corrected chi connectivity index (χ1v) is 5.74. The molecule has 3 heteroatoms. The zero-order chi connectivity index (χ0) is 9.52. The van der Waals surface area contributed by atoms with E-state index in [1.807, 2.05) is 37.3 Å². The van der Waals surface area contributed by atoms with Crippen molar-refractivity contribution in [1.82, 2.24) is 0 Å². The summed E-state index contributed by atoms with van der Waals surface area (Å²) >= 11 is -0.254. The first-order chi connectivity index (χ1) is 6.33. The predicted molar refractivity (Wildman–Crippen MR) is 52.6 cm³/mol. The number of hydrogen-bond donors (Lipinski definition) is 0. The molecular formula is C10H11FOSe. The molecule has 0 aliphatic heterocycles. The van der Waals surface area contributed by atoms with Gasteiger partial charge in [0.1, 0.15) is 0 Å². The van der Waals surface area contributed by atoms with Crippen LogP contribution in [-0.4, -0.2) is 21.6 Å². The van der Waals surface area contributed by atoms with Gasteiger partial charge in [-0.25, -0.2) is 0 Å². The molecule has 0 aliphatic rings. The van der Waals surface area contributed by atoms with Crippen LogP contribution in [0.4, 0.5) is 4.39 Å². The summed E-state index contributed by atoms with van der Waals surface area (Å²) in [7, 11) is 0. The zero-order valence-corrected chi connectivity index (χ0v) is 9.08. The third kappa shape index (κ3) is 4.11. The van der Waals surface area contributed by atoms with E-state index in [1.54, 1.807) is 0 Å². The second-order valence-corrected chi connectivity index (χ2v) is 4.53. The molecule has 0 amide bonds. The Balaban J connectivity index is 2.50. The molecule has 1 aromatic carbocycles. The second-order valence-electron chi connectivity index (χ2n) is 2.29. The van der Waals surface area contributed by atoms with Crippen LogP contribution in [-0.2, 0) is 4.74 Å². The van der Waals surface area contributed by atoms with Crippen LogP contribution < -0.4 is 4.46 Å². The summed E-state index contributed by atoms with van der Waals surface area (Å²) in [5.41, 5.74) is 0. The Morgan fingerprint density at radius 3 is 2.77 bits per heavy atom. The van der Waals surface area contributed by atoms with Crippen LogP contribution in [0.5, 0.6) is 0 Å². The summed E-state index contributed by atoms with van der Waals surface area (Å²) in [4.78, 5) is 0. The Bertz CT molecular complexity index is 272. The van der Waals surface area contributed by atoms with E-state index < -0.39 is 0 Å². The van der Waals surface area contributed by atoms with E-state index in [1.165, 1.54) is 6.26 Å². The van der Waals surface area contributed by atoms with Crippen molar-refractivity contribution in [2.45, 2.75) is 6.92 Å². The van der Waals surface area contributed by atoms with Crippen molar-refractivity contribution in [3.8, 4) is 0 Å². The molecule has 0 spiro atoms. The SMILES string of the molecule is CCO/C=C(\F)[Se]c1ccccc1. The molecule has 0 atom stereocenters. The monoisotopic (exact) mass is 246 g/mol. The van der Waals surface area contributed by atoms with E-state index in [4.69, 9.17) is 4.74 Å². The van der Waals surface area contributed by atoms with Crippen LogP contribution in [0.15, 0.2) is 41.3 Å². The van der Waals surface area contributed by atoms with Gasteiger partial charge in [0.2, 0.25) is 0 Å². The van der Waals surface area contributed by atoms with E-state index in [-0.39, 0.29) is 19.7 Å². The van der Waals surface area contributed by atoms with Crippen LogP contribution in [0, 0.1) is 0 Å². The van der Waals surface area contributed by atoms with E-state index in [0.717, 1.165) is 4.46 Å². The molecule has 0 aliphatic carbocycles. The molecule has 0 unspecified atom stereocenters. The number of rotatable bonds is 4. The summed E-state index contributed by atoms with van der Waals surface area (Å²) in [5.74, 6) is 0. The molecule has 0 radical (unpaired) electrons. The fraction of sp³-hybridized carbons (Fsp3) is 0.200. The fourth-order valence-corrected chi connectivity index (χ4v) is 2.11. The second kappa shape index (κ2) is 5.79. The van der Waals surface area contributed by atoms with E-state index >= 15 is 0 Å². The van der Waals surface area contributed by atoms with E-state index in [9.17, 15) is 4.39 Å². The van der Waals surface area contributed by atoms with Gasteiger partial charge in [-0.1, -0.05) is 0 Å². The molecular weight excluding hydrogens is 234 g/mol. The van der Waals surface area contributed by atoms with Gasteiger partial charge in [0.15, 0.2) is 0 Å². The molecule has 1 aromatic rings. The van der Waals surface area contributed by atoms with E-state index in [0.29, 0.717) is 6.61 Å². The maximum atomic E-state index is 13.0. The first-order valence-electron chi connectivity index (χ1n) is 4.03. The van der Waals surface area contributed by atoms with Gasteiger partial charge in [0.25, 0.3) is 0 Å². The number of benzene rings is 1. The molecule has 13 heavy (non-hydrogen) atoms. The Morgan fingerprint density at radius 1 is 1.46 bits per heavy atom. The van der Waals surface area contributed by atoms with Gasteiger partial charge in [-0.05, 0) is 0 Å². The molecule has 0 fully saturated rings. The van der Waals surface area contributed by atoms with Crippen molar-refractivity contribution in [2.24, 2.45) is 0 Å². The fourth-order valence-electron chi connectivity index (χ4n) is 0.774. The zero-order valence-electron chi connectivity index (χ0n) is 7.37. The molecule has 0 saturated carbocycles. The van der Waals surface area contributed by atoms with Crippen LogP contribution in [0.25, 0.3) is 0 Å². The molecule has 0 heterocycles. The quantitative estimate of drug-likeness (QED) is 0.580. The number of hydrogen-bond acceptors (Lipinski definition) is 1. The first kappa shape index (κ1) is 10.3. The standard InChI is InChI=1S/C10H11FOSe/c1-2-12-8-10(11)13-9-6-4-3-5-7-9/h3-8H,2H2,1H3/b10-8+. The Labute approximate surface area is 83.8 Å². The van der Waals surface area contributed by atoms with Gasteiger partial charge in [0.05, 0.1) is 0 Å². The van der Waals surface area contributed by atoms with Crippen LogP contribution in [0.3, 0.4) is 0 Å². The van der Waals surface area contributed by atoms with E-state index in [2.05, 4.69) is 0 Å². The average Bonchev–Trinajstić information content (AvgIpc) is 2.16. The van der Waals surface area contributed by atoms with Crippen molar-refractivity contribution in [1.29, 1.82) is 0 Å². The normalized spacial score (nSPS) is 11.4. The summed E-state index contributed by atoms with van der Waals surface area (Å²) in [6.07, 6.45) is 1.20. The average molecular weight is 245 g/mol. The van der Waals surface area contributed by atoms with Crippen molar-refractivity contribution in [3.05, 3.63) is 41.3 Å². The molecule has 0 N–H and O–H groups in total. The Hall–Kier alpha value is -0.791. The molecule has 0 aromatic heterocycles. The van der Waals surface area contributed by atoms with Gasteiger partial charge in [-0.2, -0.15) is 0 Å². The number of halogens is 1. The Morgan fingerprint density at radius 2 is 2.15 bits per heavy atom. The van der Waals surface area contributed by atoms with Gasteiger partial charge in [0, 0.05) is 0 Å². The minimum atomic E-state index is -0.254. The predicted octanol–water partition coefficient (Wildman–Crippen LogP) is 1.82. The van der Waals surface area contributed by atoms with Crippen molar-refractivity contribution >= 4 is 19.4 Å². The maximum absolute atomic E-state index is 13.0. The van der Waals surface area contributed by atoms with Crippen molar-refractivity contribution < 1.29 is 9.13 Å². The van der Waals surface area contributed by atoms with Crippen molar-refractivity contribution in [2.75, 3.05) is 6.61 Å². The van der Waals surface area contributed by atoms with Crippen LogP contribution in [0.2, 0.25) is 0 Å². The van der Waals surface area contributed by atoms with Gasteiger partial charge >= 0.3 is 83.4 Å². The van der Waals surface area contributed by atoms with Crippen LogP contribution >= 0.6 is 0 Å². The molecule has 1 nitrogen and oxygen atoms in total. The van der Waals surface area contributed by atoms with Gasteiger partial charge in [-0.3, -0.25) is 0 Å². The molecule has 1 rings (SSSR count). The number of ether oxygens (including phenoxy) is 1. The molecule has 0 saturated heterocycles. The molecule has 0 bridgehead atoms. The van der Waals surface area contributed by atoms with Crippen LogP contribution in [0.1, 0.15) is 6.92 Å². The summed E-state index contributed by atoms with van der Waals surface area (Å²) < 4.78 is 18.7.